The first-order valence-corrected chi connectivity index (χ1v) is 13.6. The zero-order chi connectivity index (χ0) is 37.9. The molecule has 0 atom stereocenters. The number of unbranched alkanes of at least 4 members (excludes halogenated alkanes) is 2. The van der Waals surface area contributed by atoms with E-state index < -0.39 is 0 Å². The summed E-state index contributed by atoms with van der Waals surface area (Å²) in [5.74, 6) is 9.71. The van der Waals surface area contributed by atoms with Gasteiger partial charge >= 0.3 is 0 Å². The predicted molar refractivity (Wildman–Crippen MR) is 172 cm³/mol. The standard InChI is InChI=1S/2C5H5NO.2C4H8NO.2C4H7O.2CClO.2H3NO.6Re.4Rf/c1-2-5-3-7-4-6-5;1-2-5-3-6-4-7-5;1-3-4(2)5-6;1-2-3-4-5-6;1-3-4(2)5;1-2-3-4-5;2*2-1-3;2*1-2;;;;;;;;;;/h2*2H2,1H3;2*6H,2-3H2,1H3;2*2-3H2,1H3;;;2*2H,1H2;;;;;;;;;;/q2*-2;6*-1;;;;;;;;;;;;/b;;5-4+;;;;;;;;;;;;;;;;;. The first-order valence-electron chi connectivity index (χ1n) is 12.8. The van der Waals surface area contributed by atoms with Crippen LogP contribution in [0.2, 0.25) is 0 Å². The van der Waals surface area contributed by atoms with E-state index in [1.54, 1.807) is 13.2 Å². The van der Waals surface area contributed by atoms with Crippen molar-refractivity contribution < 1.29 is 171 Å². The maximum Gasteiger partial charge on any atom is 0 e. The number of carbonyl (C=O) groups is 1. The molecule has 0 bridgehead atoms. The van der Waals surface area contributed by atoms with E-state index in [1.165, 1.54) is 0 Å². The van der Waals surface area contributed by atoms with Crippen LogP contribution in [0, 0.1) is 39.1 Å². The van der Waals surface area contributed by atoms with Crippen molar-refractivity contribution in [3.05, 3.63) is 50.5 Å². The van der Waals surface area contributed by atoms with E-state index in [0.717, 1.165) is 61.5 Å². The Morgan fingerprint density at radius 2 is 1.16 bits per heavy atom. The fourth-order valence-electron chi connectivity index (χ4n) is 1.01. The quantitative estimate of drug-likeness (QED) is 0.0682. The summed E-state index contributed by atoms with van der Waals surface area (Å²) in [6.07, 6.45) is 20.1. The molecule has 0 saturated heterocycles. The monoisotopic (exact) mass is 2890 g/mol. The van der Waals surface area contributed by atoms with Gasteiger partial charge in [-0.2, -0.15) is 30.0 Å². The number of aryl methyl sites for hydroxylation is 2. The summed E-state index contributed by atoms with van der Waals surface area (Å²) in [7, 11) is 0. The minimum absolute atomic E-state index is 0. The van der Waals surface area contributed by atoms with Crippen molar-refractivity contribution in [2.24, 2.45) is 22.1 Å². The van der Waals surface area contributed by atoms with E-state index in [9.17, 15) is 9.59 Å². The van der Waals surface area contributed by atoms with Gasteiger partial charge in [0, 0.05) is 123 Å². The van der Waals surface area contributed by atoms with Crippen LogP contribution in [0.25, 0.3) is 0 Å². The molecular formula is C28H46Cl2N6O10Re6Rf4-10. The number of nitrogens with zero attached hydrogens (tertiary/aromatic N) is 4. The van der Waals surface area contributed by atoms with Gasteiger partial charge in [-0.15, -0.1) is 10.9 Å². The number of hydrogen-bond donors (Lipinski definition) is 6. The smallest absolute Gasteiger partial charge is 0 e. The summed E-state index contributed by atoms with van der Waals surface area (Å²) in [4.78, 5) is 43.0. The molecule has 0 aromatic carbocycles. The minimum atomic E-state index is 0. The zero-order valence-electron chi connectivity index (χ0n) is 32.1. The van der Waals surface area contributed by atoms with Crippen molar-refractivity contribution in [1.82, 2.24) is 9.97 Å². The van der Waals surface area contributed by atoms with Crippen molar-refractivity contribution in [1.29, 1.82) is 0 Å². The maximum absolute atomic E-state index is 9.70. The van der Waals surface area contributed by atoms with Gasteiger partial charge in [0.1, 0.15) is 0 Å². The van der Waals surface area contributed by atoms with E-state index in [0.29, 0.717) is 18.6 Å². The first kappa shape index (κ1) is 117. The molecule has 0 spiro atoms. The van der Waals surface area contributed by atoms with Gasteiger partial charge in [-0.3, -0.25) is 6.29 Å². The molecule has 2 rings (SSSR count). The van der Waals surface area contributed by atoms with Gasteiger partial charge < -0.3 is 120 Å². The number of carbonyl (C=O) groups excluding carboxylic acids is 4. The van der Waals surface area contributed by atoms with Crippen LogP contribution in [0.1, 0.15) is 91.5 Å². The van der Waals surface area contributed by atoms with Gasteiger partial charge in [0.2, 0.25) is 0 Å². The molecule has 2 aromatic heterocycles. The minimum Gasteiger partial charge on any atom is -0.826 e. The van der Waals surface area contributed by atoms with E-state index in [-0.39, 0.29) is 128 Å². The molecule has 0 unspecified atom stereocenters. The molecule has 0 amide bonds. The molecular weight excluding hydrogens is 2840 g/mol. The van der Waals surface area contributed by atoms with E-state index in [4.69, 9.17) is 34.8 Å². The van der Waals surface area contributed by atoms with Gasteiger partial charge in [-0.25, -0.2) is 24.6 Å². The number of rotatable bonds is 8. The summed E-state index contributed by atoms with van der Waals surface area (Å²) in [6, 6.07) is 0. The number of Topliss-reactive ketones (excluding diaryl/α,β-unsaturated/α-hetero) is 1. The molecule has 16 nitrogen and oxygen atoms in total. The molecule has 0 aliphatic carbocycles. The average molecular weight is 2880 g/mol. The van der Waals surface area contributed by atoms with Gasteiger partial charge in [0.15, 0.2) is 0 Å². The second-order valence-electron chi connectivity index (χ2n) is 6.37. The summed E-state index contributed by atoms with van der Waals surface area (Å²) in [6.45, 7) is 18.1. The third kappa shape index (κ3) is 191. The SMILES string of the molecule is CCC[C-]=NO.CCC[C-]=O.CCc1[c-]n[c-]o1.CCc1[c-]o[c-]n1.NO.NO.O=[C-]Cl.O=[C-]Cl.[CH2-]/C(CC)=N\O.[CH2-]C(=O)CC.[Re].[Re].[Re].[Re].[Re].[Re].[Rf].[Rf].[Rf].[Rf]. The molecule has 2 heterocycles. The number of aromatic nitrogens is 2. The normalized spacial score (nSPS) is 6.68. The molecule has 56 heavy (non-hydrogen) atoms. The summed E-state index contributed by atoms with van der Waals surface area (Å²) in [5, 5.41) is 34.1. The topological polar surface area (TPSA) is 278 Å². The van der Waals surface area contributed by atoms with Crippen molar-refractivity contribution in [2.45, 2.75) is 92.9 Å². The Kier molecular flexibility index (Phi) is 296. The van der Waals surface area contributed by atoms with Gasteiger partial charge in [-0.05, 0) is 31.5 Å². The first-order chi connectivity index (χ1) is 22.1. The Morgan fingerprint density at radius 1 is 0.768 bits per heavy atom. The molecule has 8 N–H and O–H groups in total. The fraction of sp³-hybridized carbons (Fsp3) is 0.500. The number of halogens is 2. The molecule has 0 fully saturated rings. The van der Waals surface area contributed by atoms with Crippen molar-refractivity contribution in [3.63, 3.8) is 0 Å². The molecule has 6 radical (unpaired) electrons. The number of oxazole rings is 2. The number of ketones is 1. The summed E-state index contributed by atoms with van der Waals surface area (Å²) < 4.78 is 9.14. The van der Waals surface area contributed by atoms with Crippen molar-refractivity contribution in [2.75, 3.05) is 0 Å². The van der Waals surface area contributed by atoms with Crippen LogP contribution in [-0.2, 0) is 155 Å². The molecule has 322 valence electrons. The summed E-state index contributed by atoms with van der Waals surface area (Å²) >= 11 is 8.39. The molecule has 0 aliphatic heterocycles. The molecule has 0 aliphatic rings. The third-order valence-corrected chi connectivity index (χ3v) is 3.17. The third-order valence-electron chi connectivity index (χ3n) is 3.17. The molecule has 28 heteroatoms. The van der Waals surface area contributed by atoms with Crippen molar-refractivity contribution >= 4 is 58.7 Å². The Labute approximate surface area is 401 Å². The largest absolute Gasteiger partial charge is 0.826 e. The summed E-state index contributed by atoms with van der Waals surface area (Å²) in [5.41, 5.74) is 1.36. The van der Waals surface area contributed by atoms with E-state index in [2.05, 4.69) is 105 Å². The van der Waals surface area contributed by atoms with E-state index in [1.807, 2.05) is 34.6 Å². The second kappa shape index (κ2) is 141. The van der Waals surface area contributed by atoms with Crippen LogP contribution in [0.4, 0.5) is 0 Å². The number of hydrogen-bond acceptors (Lipinski definition) is 16. The second-order valence-corrected chi connectivity index (χ2v) is 6.68. The van der Waals surface area contributed by atoms with Crippen LogP contribution in [0.5, 0.6) is 0 Å². The Bertz CT molecular complexity index is 836. The molecule has 2 aromatic rings. The Hall–Kier alpha value is -3.83. The van der Waals surface area contributed by atoms with Crippen molar-refractivity contribution in [3.8, 4) is 0 Å². The predicted octanol–water partition coefficient (Wildman–Crippen LogP) is 4.79. The molecule has 0 saturated carbocycles. The van der Waals surface area contributed by atoms with Gasteiger partial charge in [0.05, 0.1) is 0 Å². The fourth-order valence-corrected chi connectivity index (χ4v) is 1.01. The Balaban J connectivity index is -0.0000000179. The van der Waals surface area contributed by atoms with Gasteiger partial charge in [0.25, 0.3) is 0 Å². The number of oxime groups is 1. The van der Waals surface area contributed by atoms with Crippen LogP contribution in [0.15, 0.2) is 19.1 Å². The Morgan fingerprint density at radius 3 is 1.25 bits per heavy atom. The van der Waals surface area contributed by atoms with Gasteiger partial charge in [-0.1, -0.05) is 60.1 Å². The maximum atomic E-state index is 9.70. The number of nitrogens with two attached hydrogens (primary N) is 2. The zero-order valence-corrected chi connectivity index (χ0v) is 75.5. The van der Waals surface area contributed by atoms with Crippen LogP contribution in [-0.4, -0.2) is 66.3 Å². The van der Waals surface area contributed by atoms with Crippen LogP contribution >= 0.6 is 23.2 Å². The van der Waals surface area contributed by atoms with Crippen LogP contribution < -0.4 is 11.8 Å². The van der Waals surface area contributed by atoms with E-state index >= 15 is 0 Å². The average Bonchev–Trinajstić information content (AvgIpc) is 3.83. The van der Waals surface area contributed by atoms with Crippen LogP contribution in [0.3, 0.4) is 0 Å².